The predicted octanol–water partition coefficient (Wildman–Crippen LogP) is -1.34. The zero-order valence-corrected chi connectivity index (χ0v) is 6.68. The Morgan fingerprint density at radius 1 is 1.67 bits per heavy atom. The summed E-state index contributed by atoms with van der Waals surface area (Å²) in [6.45, 7) is 3.23. The van der Waals surface area contributed by atoms with Gasteiger partial charge in [0.05, 0.1) is 19.3 Å². The molecule has 1 atom stereocenters. The van der Waals surface area contributed by atoms with Gasteiger partial charge in [-0.05, 0) is 5.21 Å². The van der Waals surface area contributed by atoms with Crippen LogP contribution in [0.1, 0.15) is 0 Å². The van der Waals surface area contributed by atoms with E-state index in [0.29, 0.717) is 6.54 Å². The van der Waals surface area contributed by atoms with Crippen molar-refractivity contribution in [3.05, 3.63) is 6.33 Å². The van der Waals surface area contributed by atoms with Crippen molar-refractivity contribution in [1.29, 1.82) is 0 Å². The van der Waals surface area contributed by atoms with E-state index < -0.39 is 0 Å². The van der Waals surface area contributed by atoms with Crippen molar-refractivity contribution in [2.24, 2.45) is 0 Å². The largest absolute Gasteiger partial charge is 0.374 e. The third-order valence-corrected chi connectivity index (χ3v) is 1.76. The number of nitrogens with zero attached hydrogens (tertiary/aromatic N) is 4. The smallest absolute Gasteiger partial charge is 0.162 e. The van der Waals surface area contributed by atoms with Gasteiger partial charge in [0.1, 0.15) is 0 Å². The Morgan fingerprint density at radius 3 is 3.33 bits per heavy atom. The van der Waals surface area contributed by atoms with E-state index in [4.69, 9.17) is 4.74 Å². The Hall–Kier alpha value is -1.01. The zero-order chi connectivity index (χ0) is 8.23. The molecule has 0 aromatic carbocycles. The lowest BCUT2D eigenvalue weighted by Gasteiger charge is -2.22. The molecule has 66 valence electrons. The van der Waals surface area contributed by atoms with Gasteiger partial charge >= 0.3 is 0 Å². The molecule has 2 heterocycles. The van der Waals surface area contributed by atoms with Crippen LogP contribution in [0.2, 0.25) is 0 Å². The van der Waals surface area contributed by atoms with Gasteiger partial charge in [-0.25, -0.2) is 0 Å². The molecule has 1 aliphatic rings. The first kappa shape index (κ1) is 7.63. The molecule has 1 aliphatic heterocycles. The highest BCUT2D eigenvalue weighted by atomic mass is 16.5. The molecule has 12 heavy (non-hydrogen) atoms. The van der Waals surface area contributed by atoms with Crippen LogP contribution >= 0.6 is 0 Å². The fourth-order valence-electron chi connectivity index (χ4n) is 1.19. The first-order valence-corrected chi connectivity index (χ1v) is 3.98. The van der Waals surface area contributed by atoms with Crippen molar-refractivity contribution in [3.8, 4) is 0 Å². The summed E-state index contributed by atoms with van der Waals surface area (Å²) >= 11 is 0. The molecule has 0 saturated carbocycles. The summed E-state index contributed by atoms with van der Waals surface area (Å²) in [5, 5.41) is 14.5. The summed E-state index contributed by atoms with van der Waals surface area (Å²) < 4.78 is 5.46. The lowest BCUT2D eigenvalue weighted by Crippen LogP contribution is -2.41. The molecular formula is C6H11N5O. The van der Waals surface area contributed by atoms with Crippen molar-refractivity contribution in [1.82, 2.24) is 25.5 Å². The maximum atomic E-state index is 5.46. The van der Waals surface area contributed by atoms with E-state index in [1.54, 1.807) is 0 Å². The summed E-state index contributed by atoms with van der Waals surface area (Å²) in [6.07, 6.45) is 1.60. The lowest BCUT2D eigenvalue weighted by molar-refractivity contribution is 0.0133. The Bertz CT molecular complexity index is 218. The summed E-state index contributed by atoms with van der Waals surface area (Å²) in [7, 11) is 0. The second-order valence-electron chi connectivity index (χ2n) is 2.69. The monoisotopic (exact) mass is 169 g/mol. The summed E-state index contributed by atoms with van der Waals surface area (Å²) in [6, 6.07) is 0. The minimum atomic E-state index is 0.174. The topological polar surface area (TPSA) is 64.9 Å². The molecule has 0 spiro atoms. The predicted molar refractivity (Wildman–Crippen MR) is 40.4 cm³/mol. The molecule has 6 nitrogen and oxygen atoms in total. The summed E-state index contributed by atoms with van der Waals surface area (Å²) in [5.74, 6) is 0. The van der Waals surface area contributed by atoms with E-state index >= 15 is 0 Å². The first-order chi connectivity index (χ1) is 5.95. The van der Waals surface area contributed by atoms with Gasteiger partial charge in [-0.1, -0.05) is 0 Å². The van der Waals surface area contributed by atoms with Crippen LogP contribution < -0.4 is 5.32 Å². The van der Waals surface area contributed by atoms with E-state index in [2.05, 4.69) is 20.7 Å². The quantitative estimate of drug-likeness (QED) is 0.593. The van der Waals surface area contributed by atoms with Gasteiger partial charge in [-0.3, -0.25) is 0 Å². The normalized spacial score (nSPS) is 24.2. The van der Waals surface area contributed by atoms with Gasteiger partial charge in [0.15, 0.2) is 6.33 Å². The fourth-order valence-corrected chi connectivity index (χ4v) is 1.19. The van der Waals surface area contributed by atoms with Gasteiger partial charge in [0.25, 0.3) is 0 Å². The molecule has 1 aromatic rings. The van der Waals surface area contributed by atoms with Crippen molar-refractivity contribution >= 4 is 0 Å². The molecule has 1 fully saturated rings. The van der Waals surface area contributed by atoms with Gasteiger partial charge < -0.3 is 10.1 Å². The SMILES string of the molecule is c1nnn(C[C@@H]2CNCCO2)n1. The molecule has 6 heteroatoms. The molecule has 0 unspecified atom stereocenters. The number of nitrogens with one attached hydrogen (secondary N) is 1. The van der Waals surface area contributed by atoms with Crippen LogP contribution in [-0.4, -0.2) is 46.0 Å². The number of ether oxygens (including phenoxy) is 1. The van der Waals surface area contributed by atoms with Crippen LogP contribution in [0.3, 0.4) is 0 Å². The van der Waals surface area contributed by atoms with Crippen LogP contribution in [0, 0.1) is 0 Å². The van der Waals surface area contributed by atoms with E-state index in [1.165, 1.54) is 11.1 Å². The number of rotatable bonds is 2. The van der Waals surface area contributed by atoms with Gasteiger partial charge in [-0.15, -0.1) is 10.2 Å². The number of hydrogen-bond acceptors (Lipinski definition) is 5. The van der Waals surface area contributed by atoms with Crippen LogP contribution in [-0.2, 0) is 11.3 Å². The van der Waals surface area contributed by atoms with Crippen LogP contribution in [0.25, 0.3) is 0 Å². The standard InChI is InChI=1S/C6H11N5O/c1-2-12-6(3-7-1)4-11-9-5-8-10-11/h5-7H,1-4H2/t6-/m0/s1. The van der Waals surface area contributed by atoms with Crippen LogP contribution in [0.4, 0.5) is 0 Å². The average molecular weight is 169 g/mol. The second kappa shape index (κ2) is 3.59. The minimum Gasteiger partial charge on any atom is -0.374 e. The molecule has 1 N–H and O–H groups in total. The molecule has 0 bridgehead atoms. The Morgan fingerprint density at radius 2 is 2.67 bits per heavy atom. The van der Waals surface area contributed by atoms with Crippen molar-refractivity contribution < 1.29 is 4.74 Å². The zero-order valence-electron chi connectivity index (χ0n) is 6.68. The van der Waals surface area contributed by atoms with Crippen molar-refractivity contribution in [3.63, 3.8) is 0 Å². The highest BCUT2D eigenvalue weighted by molar-refractivity contribution is 4.65. The second-order valence-corrected chi connectivity index (χ2v) is 2.69. The molecule has 0 radical (unpaired) electrons. The summed E-state index contributed by atoms with van der Waals surface area (Å²) in [4.78, 5) is 1.54. The average Bonchev–Trinajstić information content (AvgIpc) is 2.59. The van der Waals surface area contributed by atoms with E-state index in [1.807, 2.05) is 0 Å². The van der Waals surface area contributed by atoms with Crippen LogP contribution in [0.15, 0.2) is 6.33 Å². The van der Waals surface area contributed by atoms with Gasteiger partial charge in [0, 0.05) is 13.1 Å². The van der Waals surface area contributed by atoms with E-state index in [9.17, 15) is 0 Å². The first-order valence-electron chi connectivity index (χ1n) is 3.98. The fraction of sp³-hybridized carbons (Fsp3) is 0.833. The maximum Gasteiger partial charge on any atom is 0.162 e. The van der Waals surface area contributed by atoms with Crippen LogP contribution in [0.5, 0.6) is 0 Å². The number of hydrogen-bond donors (Lipinski definition) is 1. The lowest BCUT2D eigenvalue weighted by atomic mass is 10.3. The Labute approximate surface area is 69.9 Å². The summed E-state index contributed by atoms with van der Waals surface area (Å²) in [5.41, 5.74) is 0. The number of aromatic nitrogens is 4. The number of tetrazole rings is 1. The molecule has 1 saturated heterocycles. The third-order valence-electron chi connectivity index (χ3n) is 1.76. The van der Waals surface area contributed by atoms with Crippen molar-refractivity contribution in [2.45, 2.75) is 12.6 Å². The highest BCUT2D eigenvalue weighted by Crippen LogP contribution is 1.97. The van der Waals surface area contributed by atoms with Gasteiger partial charge in [0.2, 0.25) is 0 Å². The molecule has 0 aliphatic carbocycles. The van der Waals surface area contributed by atoms with E-state index in [-0.39, 0.29) is 6.10 Å². The molecular weight excluding hydrogens is 158 g/mol. The van der Waals surface area contributed by atoms with Gasteiger partial charge in [-0.2, -0.15) is 4.80 Å². The number of morpholine rings is 1. The highest BCUT2D eigenvalue weighted by Gasteiger charge is 2.14. The minimum absolute atomic E-state index is 0.174. The molecule has 0 amide bonds. The Balaban J connectivity index is 1.86. The van der Waals surface area contributed by atoms with Crippen molar-refractivity contribution in [2.75, 3.05) is 19.7 Å². The third kappa shape index (κ3) is 1.77. The Kier molecular flexibility index (Phi) is 2.28. The maximum absolute atomic E-state index is 5.46. The van der Waals surface area contributed by atoms with E-state index in [0.717, 1.165) is 19.7 Å². The molecule has 1 aromatic heterocycles. The molecule has 2 rings (SSSR count).